The van der Waals surface area contributed by atoms with E-state index in [1.807, 2.05) is 12.1 Å². The van der Waals surface area contributed by atoms with Crippen LogP contribution in [-0.4, -0.2) is 49.4 Å². The fourth-order valence-corrected chi connectivity index (χ4v) is 3.44. The first kappa shape index (κ1) is 21.5. The summed E-state index contributed by atoms with van der Waals surface area (Å²) < 4.78 is 10.2. The molecule has 1 aliphatic rings. The summed E-state index contributed by atoms with van der Waals surface area (Å²) in [5.74, 6) is -0.430. The van der Waals surface area contributed by atoms with E-state index in [0.29, 0.717) is 27.9 Å². The number of nitrogens with one attached hydrogen (secondary N) is 2. The van der Waals surface area contributed by atoms with Crippen LogP contribution in [0.5, 0.6) is 0 Å². The molecule has 3 rings (SSSR count). The summed E-state index contributed by atoms with van der Waals surface area (Å²) in [6.45, 7) is 4.90. The molecule has 1 heterocycles. The summed E-state index contributed by atoms with van der Waals surface area (Å²) in [7, 11) is 1.34. The molecule has 2 aromatic carbocycles. The van der Waals surface area contributed by atoms with Crippen LogP contribution in [0.1, 0.15) is 21.5 Å². The van der Waals surface area contributed by atoms with E-state index in [-0.39, 0.29) is 0 Å². The van der Waals surface area contributed by atoms with E-state index in [4.69, 9.17) is 33.3 Å². The predicted molar refractivity (Wildman–Crippen MR) is 118 cm³/mol. The van der Waals surface area contributed by atoms with Crippen LogP contribution in [0.3, 0.4) is 0 Å². The van der Waals surface area contributed by atoms with Crippen LogP contribution in [0.25, 0.3) is 0 Å². The van der Waals surface area contributed by atoms with Gasteiger partial charge in [-0.2, -0.15) is 0 Å². The highest BCUT2D eigenvalue weighted by Crippen LogP contribution is 2.23. The first-order valence-electron chi connectivity index (χ1n) is 9.36. The van der Waals surface area contributed by atoms with Crippen LogP contribution < -0.4 is 10.6 Å². The molecule has 0 atom stereocenters. The summed E-state index contributed by atoms with van der Waals surface area (Å²) in [5.41, 5.74) is 3.39. The number of ether oxygens (including phenoxy) is 2. The van der Waals surface area contributed by atoms with Gasteiger partial charge in [-0.05, 0) is 41.5 Å². The van der Waals surface area contributed by atoms with Gasteiger partial charge in [0.25, 0.3) is 0 Å². The van der Waals surface area contributed by atoms with Crippen molar-refractivity contribution in [2.75, 3.05) is 38.7 Å². The van der Waals surface area contributed by atoms with Gasteiger partial charge in [0.05, 0.1) is 36.6 Å². The van der Waals surface area contributed by atoms with Crippen molar-refractivity contribution in [3.05, 3.63) is 64.2 Å². The van der Waals surface area contributed by atoms with Gasteiger partial charge in [-0.3, -0.25) is 4.90 Å². The minimum atomic E-state index is -0.430. The Kier molecular flexibility index (Phi) is 7.83. The van der Waals surface area contributed by atoms with E-state index in [1.165, 1.54) is 18.2 Å². The summed E-state index contributed by atoms with van der Waals surface area (Å²) in [6, 6.07) is 13.2. The molecule has 0 unspecified atom stereocenters. The fraction of sp³-hybridized carbons (Fsp3) is 0.333. The van der Waals surface area contributed by atoms with Crippen LogP contribution in [0.2, 0.25) is 5.02 Å². The van der Waals surface area contributed by atoms with Gasteiger partial charge in [0.15, 0.2) is 5.11 Å². The molecule has 2 N–H and O–H groups in total. The Morgan fingerprint density at radius 3 is 2.66 bits per heavy atom. The number of nitrogens with zero attached hydrogens (tertiary/aromatic N) is 1. The van der Waals surface area contributed by atoms with Crippen LogP contribution in [0.15, 0.2) is 42.5 Å². The summed E-state index contributed by atoms with van der Waals surface area (Å²) in [6.07, 6.45) is 0. The minimum absolute atomic E-state index is 0.401. The number of rotatable bonds is 6. The molecule has 0 radical (unpaired) electrons. The van der Waals surface area contributed by atoms with Crippen LogP contribution in [0, 0.1) is 0 Å². The highest BCUT2D eigenvalue weighted by atomic mass is 35.5. The maximum absolute atomic E-state index is 11.7. The number of benzene rings is 2. The number of methoxy groups -OCH3 is 1. The summed E-state index contributed by atoms with van der Waals surface area (Å²) in [4.78, 5) is 14.1. The quantitative estimate of drug-likeness (QED) is 0.534. The van der Waals surface area contributed by atoms with Gasteiger partial charge < -0.3 is 20.1 Å². The molecular formula is C21H24ClN3O3S. The van der Waals surface area contributed by atoms with Crippen molar-refractivity contribution in [1.82, 2.24) is 10.2 Å². The minimum Gasteiger partial charge on any atom is -0.465 e. The largest absolute Gasteiger partial charge is 0.465 e. The molecule has 1 fully saturated rings. The average molecular weight is 434 g/mol. The second kappa shape index (κ2) is 10.5. The molecule has 0 amide bonds. The first-order valence-corrected chi connectivity index (χ1v) is 10.1. The van der Waals surface area contributed by atoms with Gasteiger partial charge in [0.1, 0.15) is 0 Å². The Labute approximate surface area is 181 Å². The third-order valence-electron chi connectivity index (χ3n) is 4.69. The monoisotopic (exact) mass is 433 g/mol. The lowest BCUT2D eigenvalue weighted by Crippen LogP contribution is -2.36. The number of halogens is 1. The van der Waals surface area contributed by atoms with Gasteiger partial charge in [-0.25, -0.2) is 4.79 Å². The standard InChI is InChI=1S/C21H24ClN3O3S/c1-27-20(26)15-6-7-18(22)19(12-15)24-21(29)23-13-16-4-2-3-5-17(16)14-25-8-10-28-11-9-25/h2-7,12H,8-11,13-14H2,1H3,(H2,23,24,29). The van der Waals surface area contributed by atoms with Crippen molar-refractivity contribution in [2.45, 2.75) is 13.1 Å². The number of anilines is 1. The van der Waals surface area contributed by atoms with Crippen molar-refractivity contribution in [1.29, 1.82) is 0 Å². The number of hydrogen-bond acceptors (Lipinski definition) is 5. The zero-order valence-corrected chi connectivity index (χ0v) is 17.8. The van der Waals surface area contributed by atoms with E-state index >= 15 is 0 Å². The summed E-state index contributed by atoms with van der Waals surface area (Å²) >= 11 is 11.6. The fourth-order valence-electron chi connectivity index (χ4n) is 3.09. The van der Waals surface area contributed by atoms with Gasteiger partial charge >= 0.3 is 5.97 Å². The lowest BCUT2D eigenvalue weighted by molar-refractivity contribution is 0.0341. The third kappa shape index (κ3) is 6.14. The van der Waals surface area contributed by atoms with E-state index in [9.17, 15) is 4.79 Å². The van der Waals surface area contributed by atoms with Gasteiger partial charge in [-0.1, -0.05) is 35.9 Å². The normalized spacial score (nSPS) is 14.3. The molecular weight excluding hydrogens is 410 g/mol. The SMILES string of the molecule is COC(=O)c1ccc(Cl)c(NC(=S)NCc2ccccc2CN2CCOCC2)c1. The van der Waals surface area contributed by atoms with Crippen molar-refractivity contribution in [3.63, 3.8) is 0 Å². The molecule has 0 aromatic heterocycles. The summed E-state index contributed by atoms with van der Waals surface area (Å²) in [5, 5.41) is 7.16. The van der Waals surface area contributed by atoms with E-state index in [0.717, 1.165) is 32.8 Å². The van der Waals surface area contributed by atoms with Gasteiger partial charge in [0, 0.05) is 26.2 Å². The second-order valence-electron chi connectivity index (χ2n) is 6.65. The molecule has 0 bridgehead atoms. The molecule has 2 aromatic rings. The van der Waals surface area contributed by atoms with E-state index < -0.39 is 5.97 Å². The zero-order chi connectivity index (χ0) is 20.6. The Bertz CT molecular complexity index is 872. The van der Waals surface area contributed by atoms with Crippen molar-refractivity contribution >= 4 is 40.6 Å². The topological polar surface area (TPSA) is 62.8 Å². The van der Waals surface area contributed by atoms with Crippen LogP contribution >= 0.6 is 23.8 Å². The maximum Gasteiger partial charge on any atom is 0.337 e. The van der Waals surface area contributed by atoms with Crippen LogP contribution in [-0.2, 0) is 22.6 Å². The Morgan fingerprint density at radius 1 is 1.21 bits per heavy atom. The Hall–Kier alpha value is -2.19. The predicted octanol–water partition coefficient (Wildman–Crippen LogP) is 3.45. The number of hydrogen-bond donors (Lipinski definition) is 2. The highest BCUT2D eigenvalue weighted by molar-refractivity contribution is 7.80. The molecule has 8 heteroatoms. The number of esters is 1. The molecule has 0 aliphatic carbocycles. The Balaban J connectivity index is 1.60. The first-order chi connectivity index (χ1) is 14.1. The number of thiocarbonyl (C=S) groups is 1. The maximum atomic E-state index is 11.7. The number of morpholine rings is 1. The van der Waals surface area contributed by atoms with Crippen molar-refractivity contribution in [3.8, 4) is 0 Å². The molecule has 0 saturated carbocycles. The second-order valence-corrected chi connectivity index (χ2v) is 7.47. The molecule has 1 saturated heterocycles. The van der Waals surface area contributed by atoms with E-state index in [2.05, 4.69) is 27.7 Å². The zero-order valence-electron chi connectivity index (χ0n) is 16.2. The molecule has 154 valence electrons. The molecule has 0 spiro atoms. The number of carbonyl (C=O) groups excluding carboxylic acids is 1. The van der Waals surface area contributed by atoms with Crippen molar-refractivity contribution in [2.24, 2.45) is 0 Å². The van der Waals surface area contributed by atoms with Crippen molar-refractivity contribution < 1.29 is 14.3 Å². The molecule has 1 aliphatic heterocycles. The number of carbonyl (C=O) groups is 1. The van der Waals surface area contributed by atoms with Gasteiger partial charge in [-0.15, -0.1) is 0 Å². The lowest BCUT2D eigenvalue weighted by Gasteiger charge is -2.27. The average Bonchev–Trinajstić information content (AvgIpc) is 2.75. The van der Waals surface area contributed by atoms with Gasteiger partial charge in [0.2, 0.25) is 0 Å². The van der Waals surface area contributed by atoms with E-state index in [1.54, 1.807) is 18.2 Å². The Morgan fingerprint density at radius 2 is 1.93 bits per heavy atom. The third-order valence-corrected chi connectivity index (χ3v) is 5.27. The smallest absolute Gasteiger partial charge is 0.337 e. The molecule has 29 heavy (non-hydrogen) atoms. The highest BCUT2D eigenvalue weighted by Gasteiger charge is 2.13. The lowest BCUT2D eigenvalue weighted by atomic mass is 10.1. The van der Waals surface area contributed by atoms with Crippen LogP contribution in [0.4, 0.5) is 5.69 Å². The molecule has 6 nitrogen and oxygen atoms in total.